The van der Waals surface area contributed by atoms with Crippen molar-refractivity contribution in [1.29, 1.82) is 0 Å². The number of aromatic nitrogens is 1. The second kappa shape index (κ2) is 12.8. The molecule has 260 valence electrons. The van der Waals surface area contributed by atoms with Crippen molar-refractivity contribution in [2.45, 2.75) is 12.8 Å². The van der Waals surface area contributed by atoms with Gasteiger partial charge in [-0.1, -0.05) is 133 Å². The van der Waals surface area contributed by atoms with Crippen LogP contribution in [0.4, 0.5) is 11.4 Å². The molecule has 0 amide bonds. The molecule has 0 N–H and O–H groups in total. The molecule has 0 radical (unpaired) electrons. The summed E-state index contributed by atoms with van der Waals surface area (Å²) in [4.78, 5) is 2.41. The fourth-order valence-corrected chi connectivity index (χ4v) is 8.75. The highest BCUT2D eigenvalue weighted by Gasteiger charge is 2.21. The predicted octanol–water partition coefficient (Wildman–Crippen LogP) is 14.4. The van der Waals surface area contributed by atoms with Gasteiger partial charge in [0.1, 0.15) is 11.2 Å². The number of hydrogen-bond donors (Lipinski definition) is 0. The van der Waals surface area contributed by atoms with Crippen molar-refractivity contribution < 1.29 is 4.42 Å². The average Bonchev–Trinajstić information content (AvgIpc) is 3.80. The van der Waals surface area contributed by atoms with E-state index in [4.69, 9.17) is 4.42 Å². The Morgan fingerprint density at radius 2 is 1.09 bits per heavy atom. The standard InChI is InChI=1S/C52H36N2O/c1-2-15-38(16-3-1)53(39-29-25-36(26-30-39)43-21-12-14-35-13-4-5-17-42(35)43)40-31-27-37(28-32-40)47-33-41(34-48-46-20-8-11-24-51(46)55-52(47)48)54-49-22-9-6-18-44(49)45-19-7-10-23-50(45)54/h1-25,27-29,31-34H,26,30H2. The van der Waals surface area contributed by atoms with Crippen LogP contribution in [0.5, 0.6) is 0 Å². The highest BCUT2D eigenvalue weighted by Crippen LogP contribution is 2.42. The molecule has 0 aliphatic heterocycles. The number of nitrogens with zero attached hydrogens (tertiary/aromatic N) is 2. The summed E-state index contributed by atoms with van der Waals surface area (Å²) in [5.41, 5.74) is 13.7. The van der Waals surface area contributed by atoms with E-state index in [0.29, 0.717) is 0 Å². The molecule has 8 aromatic carbocycles. The molecule has 0 unspecified atom stereocenters. The van der Waals surface area contributed by atoms with E-state index in [9.17, 15) is 0 Å². The predicted molar refractivity (Wildman–Crippen MR) is 231 cm³/mol. The zero-order valence-corrected chi connectivity index (χ0v) is 30.2. The number of furan rings is 1. The van der Waals surface area contributed by atoms with Gasteiger partial charge in [0.25, 0.3) is 0 Å². The van der Waals surface area contributed by atoms with Crippen molar-refractivity contribution in [3.63, 3.8) is 0 Å². The molecular weight excluding hydrogens is 669 g/mol. The number of hydrogen-bond acceptors (Lipinski definition) is 2. The van der Waals surface area contributed by atoms with E-state index in [1.807, 2.05) is 6.07 Å². The molecule has 0 saturated carbocycles. The number of rotatable bonds is 6. The van der Waals surface area contributed by atoms with Gasteiger partial charge in [-0.05, 0) is 101 Å². The zero-order valence-electron chi connectivity index (χ0n) is 30.2. The molecule has 0 atom stereocenters. The molecule has 3 nitrogen and oxygen atoms in total. The van der Waals surface area contributed by atoms with Crippen molar-refractivity contribution in [3.8, 4) is 16.8 Å². The normalized spacial score (nSPS) is 13.2. The molecule has 2 aromatic heterocycles. The number of fused-ring (bicyclic) bond motifs is 7. The summed E-state index contributed by atoms with van der Waals surface area (Å²) < 4.78 is 9.06. The quantitative estimate of drug-likeness (QED) is 0.172. The number of anilines is 2. The summed E-state index contributed by atoms with van der Waals surface area (Å²) in [7, 11) is 0. The van der Waals surface area contributed by atoms with Crippen LogP contribution in [0.2, 0.25) is 0 Å². The van der Waals surface area contributed by atoms with Crippen LogP contribution in [0.25, 0.3) is 76.9 Å². The average molecular weight is 705 g/mol. The van der Waals surface area contributed by atoms with Gasteiger partial charge < -0.3 is 13.9 Å². The second-order valence-electron chi connectivity index (χ2n) is 14.4. The topological polar surface area (TPSA) is 21.3 Å². The first-order valence-electron chi connectivity index (χ1n) is 19.1. The van der Waals surface area contributed by atoms with Gasteiger partial charge in [-0.2, -0.15) is 0 Å². The van der Waals surface area contributed by atoms with Gasteiger partial charge in [0, 0.05) is 49.9 Å². The van der Waals surface area contributed by atoms with E-state index in [1.54, 1.807) is 0 Å². The minimum atomic E-state index is 0.894. The lowest BCUT2D eigenvalue weighted by molar-refractivity contribution is 0.670. The first-order valence-corrected chi connectivity index (χ1v) is 19.1. The smallest absolute Gasteiger partial charge is 0.143 e. The van der Waals surface area contributed by atoms with Gasteiger partial charge in [-0.15, -0.1) is 0 Å². The molecule has 2 heterocycles. The molecule has 0 fully saturated rings. The SMILES string of the molecule is C1=C(c2cccc3ccccc23)CCC(N(c2ccccc2)c2ccc(-c3cc(-n4c5ccccc5c5ccccc54)cc4c3oc3ccccc34)cc2)=C1. The van der Waals surface area contributed by atoms with Crippen LogP contribution in [0, 0.1) is 0 Å². The Morgan fingerprint density at radius 1 is 0.455 bits per heavy atom. The van der Waals surface area contributed by atoms with Crippen LogP contribution in [-0.4, -0.2) is 4.57 Å². The molecule has 55 heavy (non-hydrogen) atoms. The molecule has 1 aliphatic carbocycles. The van der Waals surface area contributed by atoms with Crippen LogP contribution in [-0.2, 0) is 0 Å². The summed E-state index contributed by atoms with van der Waals surface area (Å²) in [5, 5.41) is 7.32. The first-order chi connectivity index (χ1) is 27.3. The molecule has 0 spiro atoms. The third-order valence-electron chi connectivity index (χ3n) is 11.3. The van der Waals surface area contributed by atoms with Crippen LogP contribution in [0.3, 0.4) is 0 Å². The van der Waals surface area contributed by atoms with Crippen LogP contribution in [0.15, 0.2) is 204 Å². The minimum Gasteiger partial charge on any atom is -0.455 e. The molecular formula is C52H36N2O. The number of allylic oxidation sites excluding steroid dienone is 4. The van der Waals surface area contributed by atoms with E-state index in [-0.39, 0.29) is 0 Å². The van der Waals surface area contributed by atoms with Crippen LogP contribution in [0.1, 0.15) is 18.4 Å². The van der Waals surface area contributed by atoms with E-state index < -0.39 is 0 Å². The number of para-hydroxylation sites is 4. The molecule has 0 bridgehead atoms. The molecule has 10 aromatic rings. The molecule has 11 rings (SSSR count). The molecule has 3 heteroatoms. The largest absolute Gasteiger partial charge is 0.455 e. The van der Waals surface area contributed by atoms with Crippen molar-refractivity contribution in [2.24, 2.45) is 0 Å². The lowest BCUT2D eigenvalue weighted by Crippen LogP contribution is -2.17. The Balaban J connectivity index is 1.04. The maximum absolute atomic E-state index is 6.67. The van der Waals surface area contributed by atoms with E-state index in [1.165, 1.54) is 49.4 Å². The Bertz CT molecular complexity index is 3080. The van der Waals surface area contributed by atoms with Gasteiger partial charge >= 0.3 is 0 Å². The molecule has 0 saturated heterocycles. The monoisotopic (exact) mass is 704 g/mol. The van der Waals surface area contributed by atoms with Gasteiger partial charge in [0.15, 0.2) is 0 Å². The van der Waals surface area contributed by atoms with E-state index in [2.05, 4.69) is 198 Å². The fourth-order valence-electron chi connectivity index (χ4n) is 8.75. The Hall–Kier alpha value is -7.10. The van der Waals surface area contributed by atoms with E-state index in [0.717, 1.165) is 63.0 Å². The van der Waals surface area contributed by atoms with Gasteiger partial charge in [0.05, 0.1) is 11.0 Å². The first kappa shape index (κ1) is 31.4. The summed E-state index contributed by atoms with van der Waals surface area (Å²) in [6.45, 7) is 0. The summed E-state index contributed by atoms with van der Waals surface area (Å²) >= 11 is 0. The fraction of sp³-hybridized carbons (Fsp3) is 0.0385. The summed E-state index contributed by atoms with van der Waals surface area (Å²) in [5.74, 6) is 0. The maximum Gasteiger partial charge on any atom is 0.143 e. The van der Waals surface area contributed by atoms with Crippen molar-refractivity contribution in [2.75, 3.05) is 4.90 Å². The van der Waals surface area contributed by atoms with Gasteiger partial charge in [-0.3, -0.25) is 0 Å². The van der Waals surface area contributed by atoms with Gasteiger partial charge in [-0.25, -0.2) is 0 Å². The second-order valence-corrected chi connectivity index (χ2v) is 14.4. The summed E-state index contributed by atoms with van der Waals surface area (Å²) in [6.07, 6.45) is 6.55. The Labute approximate surface area is 319 Å². The van der Waals surface area contributed by atoms with Crippen molar-refractivity contribution >= 4 is 71.5 Å². The van der Waals surface area contributed by atoms with Crippen molar-refractivity contribution in [1.82, 2.24) is 4.57 Å². The minimum absolute atomic E-state index is 0.894. The highest BCUT2D eigenvalue weighted by atomic mass is 16.3. The Morgan fingerprint density at radius 3 is 1.84 bits per heavy atom. The van der Waals surface area contributed by atoms with E-state index >= 15 is 0 Å². The van der Waals surface area contributed by atoms with Crippen molar-refractivity contribution in [3.05, 3.63) is 205 Å². The highest BCUT2D eigenvalue weighted by molar-refractivity contribution is 6.13. The lowest BCUT2D eigenvalue weighted by atomic mass is 9.91. The lowest BCUT2D eigenvalue weighted by Gasteiger charge is -2.30. The zero-order chi connectivity index (χ0) is 36.3. The maximum atomic E-state index is 6.67. The van der Waals surface area contributed by atoms with Gasteiger partial charge in [0.2, 0.25) is 0 Å². The third kappa shape index (κ3) is 5.20. The summed E-state index contributed by atoms with van der Waals surface area (Å²) in [6, 6.07) is 65.4. The number of benzene rings is 8. The third-order valence-corrected chi connectivity index (χ3v) is 11.3. The van der Waals surface area contributed by atoms with Crippen LogP contribution >= 0.6 is 0 Å². The van der Waals surface area contributed by atoms with Crippen LogP contribution < -0.4 is 4.90 Å². The molecule has 1 aliphatic rings. The Kier molecular flexibility index (Phi) is 7.31.